The quantitative estimate of drug-likeness (QED) is 0.565. The van der Waals surface area contributed by atoms with Crippen LogP contribution in [0.3, 0.4) is 0 Å². The summed E-state index contributed by atoms with van der Waals surface area (Å²) >= 11 is -0.287. The smallest absolute Gasteiger partial charge is 0.261 e. The van der Waals surface area contributed by atoms with Gasteiger partial charge in [-0.15, -0.1) is 0 Å². The summed E-state index contributed by atoms with van der Waals surface area (Å²) in [6, 6.07) is 0. The number of rotatable bonds is 9. The lowest BCUT2D eigenvalue weighted by Crippen LogP contribution is -3.00. The van der Waals surface area contributed by atoms with Crippen LogP contribution in [0.2, 0.25) is 15.8 Å². The summed E-state index contributed by atoms with van der Waals surface area (Å²) in [5.74, 6) is 0. The molecule has 0 saturated carbocycles. The van der Waals surface area contributed by atoms with Gasteiger partial charge in [-0.05, 0) is 0 Å². The molecular weight excluding hydrogens is 251 g/mol. The topological polar surface area (TPSA) is 0 Å². The number of halogens is 1. The third kappa shape index (κ3) is 11.1. The van der Waals surface area contributed by atoms with Crippen LogP contribution in [0.1, 0.15) is 59.3 Å². The first-order valence-corrected chi connectivity index (χ1v) is 8.80. The molecule has 14 heavy (non-hydrogen) atoms. The molecule has 0 radical (unpaired) electrons. The van der Waals surface area contributed by atoms with E-state index < -0.39 is 0 Å². The fourth-order valence-corrected chi connectivity index (χ4v) is 5.73. The average molecular weight is 278 g/mol. The van der Waals surface area contributed by atoms with Crippen molar-refractivity contribution in [1.82, 2.24) is 0 Å². The summed E-state index contributed by atoms with van der Waals surface area (Å²) in [5, 5.41) is 4.86. The van der Waals surface area contributed by atoms with Gasteiger partial charge in [-0.2, -0.15) is 0 Å². The van der Waals surface area contributed by atoms with Gasteiger partial charge in [0.15, 0.2) is 0 Å². The normalized spacial score (nSPS) is 9.64. The summed E-state index contributed by atoms with van der Waals surface area (Å²) in [6.07, 6.45) is 8.73. The molecule has 0 aromatic rings. The fraction of sp³-hybridized carbons (Fsp3) is 1.00. The van der Waals surface area contributed by atoms with E-state index in [9.17, 15) is 0 Å². The van der Waals surface area contributed by atoms with Crippen LogP contribution in [-0.4, -0.2) is 14.1 Å². The summed E-state index contributed by atoms with van der Waals surface area (Å²) in [6.45, 7) is 6.97. The largest absolute Gasteiger partial charge is 1.00 e. The summed E-state index contributed by atoms with van der Waals surface area (Å²) < 4.78 is 0. The Balaban J connectivity index is 0. The molecule has 0 aliphatic carbocycles. The lowest BCUT2D eigenvalue weighted by molar-refractivity contribution is -0.00000304. The molecule has 0 saturated heterocycles. The molecule has 0 aromatic heterocycles. The molecule has 0 aliphatic heterocycles. The number of hydrogen-bond acceptors (Lipinski definition) is 0. The zero-order valence-corrected chi connectivity index (χ0v) is 13.1. The van der Waals surface area contributed by atoms with Crippen LogP contribution < -0.4 is 17.0 Å². The van der Waals surface area contributed by atoms with Gasteiger partial charge in [0.1, 0.15) is 0 Å². The van der Waals surface area contributed by atoms with Gasteiger partial charge in [0.25, 0.3) is 14.1 Å². The molecule has 0 spiro atoms. The molecule has 0 heterocycles. The minimum atomic E-state index is -0.287. The fourth-order valence-electron chi connectivity index (χ4n) is 1.91. The van der Waals surface area contributed by atoms with Crippen molar-refractivity contribution >= 4 is 14.1 Å². The maximum absolute atomic E-state index is 2.32. The van der Waals surface area contributed by atoms with E-state index in [1.165, 1.54) is 38.5 Å². The minimum absolute atomic E-state index is 0. The highest BCUT2D eigenvalue weighted by molar-refractivity contribution is 6.58. The van der Waals surface area contributed by atoms with E-state index >= 15 is 0 Å². The van der Waals surface area contributed by atoms with Crippen molar-refractivity contribution in [3.8, 4) is 0 Å². The van der Waals surface area contributed by atoms with Crippen molar-refractivity contribution in [2.45, 2.75) is 75.1 Å². The molecule has 0 N–H and O–H groups in total. The van der Waals surface area contributed by atoms with E-state index in [0.717, 1.165) is 0 Å². The maximum atomic E-state index is 2.32. The van der Waals surface area contributed by atoms with E-state index in [2.05, 4.69) is 20.8 Å². The van der Waals surface area contributed by atoms with E-state index in [1.54, 1.807) is 15.8 Å². The van der Waals surface area contributed by atoms with Crippen molar-refractivity contribution in [3.05, 3.63) is 0 Å². The van der Waals surface area contributed by atoms with Gasteiger partial charge in [-0.25, -0.2) is 0 Å². The summed E-state index contributed by atoms with van der Waals surface area (Å²) in [4.78, 5) is 0. The van der Waals surface area contributed by atoms with Crippen molar-refractivity contribution in [1.29, 1.82) is 0 Å². The minimum Gasteiger partial charge on any atom is -1.00 e. The van der Waals surface area contributed by atoms with E-state index in [0.29, 0.717) is 0 Å². The van der Waals surface area contributed by atoms with Crippen molar-refractivity contribution < 1.29 is 17.0 Å². The van der Waals surface area contributed by atoms with Crippen molar-refractivity contribution in [3.63, 3.8) is 0 Å². The van der Waals surface area contributed by atoms with E-state index in [-0.39, 0.29) is 31.1 Å². The standard InChI is InChI=1S/3C4H9.Al.BrH/c3*1-3-4-2;;/h3*1,3-4H2,2H3;;1H/p-1. The van der Waals surface area contributed by atoms with Gasteiger partial charge in [0.05, 0.1) is 0 Å². The first-order valence-electron chi connectivity index (χ1n) is 6.35. The second-order valence-electron chi connectivity index (χ2n) is 4.29. The van der Waals surface area contributed by atoms with Crippen molar-refractivity contribution in [2.75, 3.05) is 0 Å². The average Bonchev–Trinajstić information content (AvgIpc) is 2.17. The van der Waals surface area contributed by atoms with Crippen LogP contribution in [0, 0.1) is 0 Å². The Morgan fingerprint density at radius 1 is 0.643 bits per heavy atom. The van der Waals surface area contributed by atoms with E-state index in [1.807, 2.05) is 0 Å². The number of hydrogen-bond donors (Lipinski definition) is 0. The van der Waals surface area contributed by atoms with Gasteiger partial charge >= 0.3 is 0 Å². The maximum Gasteiger partial charge on any atom is 0.261 e. The highest BCUT2D eigenvalue weighted by atomic mass is 79.9. The Hall–Kier alpha value is 1.01. The van der Waals surface area contributed by atoms with Gasteiger partial charge in [-0.3, -0.25) is 0 Å². The lowest BCUT2D eigenvalue weighted by atomic mass is 10.4. The zero-order valence-electron chi connectivity index (χ0n) is 10.3. The summed E-state index contributed by atoms with van der Waals surface area (Å²) in [7, 11) is 0. The van der Waals surface area contributed by atoms with Crippen LogP contribution >= 0.6 is 0 Å². The molecule has 0 fully saturated rings. The Morgan fingerprint density at radius 2 is 0.929 bits per heavy atom. The number of unbranched alkanes of at least 4 members (excludes halogenated alkanes) is 3. The molecule has 0 atom stereocenters. The van der Waals surface area contributed by atoms with Crippen LogP contribution in [-0.2, 0) is 0 Å². The molecule has 0 aromatic carbocycles. The molecule has 0 nitrogen and oxygen atoms in total. The van der Waals surface area contributed by atoms with Crippen LogP contribution in [0.4, 0.5) is 0 Å². The molecule has 86 valence electrons. The third-order valence-corrected chi connectivity index (χ3v) is 6.57. The second-order valence-corrected chi connectivity index (χ2v) is 7.76. The van der Waals surface area contributed by atoms with Gasteiger partial charge in [0.2, 0.25) is 0 Å². The Kier molecular flexibility index (Phi) is 17.4. The van der Waals surface area contributed by atoms with Crippen LogP contribution in [0.15, 0.2) is 0 Å². The molecule has 0 unspecified atom stereocenters. The first-order chi connectivity index (χ1) is 6.35. The predicted molar refractivity (Wildman–Crippen MR) is 64.9 cm³/mol. The zero-order chi connectivity index (χ0) is 9.94. The first kappa shape index (κ1) is 17.4. The molecular formula is C12H27AlBr-. The third-order valence-electron chi connectivity index (χ3n) is 2.90. The second kappa shape index (κ2) is 14.0. The highest BCUT2D eigenvalue weighted by Gasteiger charge is 2.14. The molecule has 0 aliphatic rings. The van der Waals surface area contributed by atoms with E-state index in [4.69, 9.17) is 0 Å². The van der Waals surface area contributed by atoms with Gasteiger partial charge < -0.3 is 17.0 Å². The predicted octanol–water partition coefficient (Wildman–Crippen LogP) is 1.89. The van der Waals surface area contributed by atoms with Crippen LogP contribution in [0.25, 0.3) is 0 Å². The van der Waals surface area contributed by atoms with Crippen molar-refractivity contribution in [2.24, 2.45) is 0 Å². The molecule has 0 rings (SSSR count). The Morgan fingerprint density at radius 3 is 1.14 bits per heavy atom. The molecule has 2 heteroatoms. The highest BCUT2D eigenvalue weighted by Crippen LogP contribution is 2.16. The van der Waals surface area contributed by atoms with Gasteiger partial charge in [-0.1, -0.05) is 75.1 Å². The Labute approximate surface area is 106 Å². The Bertz CT molecular complexity index is 77.3. The SMILES string of the molecule is CCC[CH2][Al]([CH2]CCC)[CH2]CCC.[Br-]. The summed E-state index contributed by atoms with van der Waals surface area (Å²) in [5.41, 5.74) is 0. The molecule has 0 bridgehead atoms. The van der Waals surface area contributed by atoms with Crippen LogP contribution in [0.5, 0.6) is 0 Å². The lowest BCUT2D eigenvalue weighted by Gasteiger charge is -2.09. The monoisotopic (exact) mass is 277 g/mol. The van der Waals surface area contributed by atoms with Gasteiger partial charge in [0, 0.05) is 0 Å². The molecule has 0 amide bonds.